The lowest BCUT2D eigenvalue weighted by atomic mass is 10.1. The van der Waals surface area contributed by atoms with Crippen molar-refractivity contribution in [2.45, 2.75) is 5.88 Å². The minimum Gasteiger partial charge on any atom is -0.343 e. The van der Waals surface area contributed by atoms with E-state index in [1.54, 1.807) is 0 Å². The van der Waals surface area contributed by atoms with Crippen LogP contribution < -0.4 is 0 Å². The fraction of sp³-hybridized carbons (Fsp3) is 0.100. The molecular weight excluding hydrogens is 221 g/mol. The fourth-order valence-corrected chi connectivity index (χ4v) is 1.73. The first-order valence-corrected chi connectivity index (χ1v) is 4.99. The molecule has 0 aliphatic rings. The van der Waals surface area contributed by atoms with Crippen molar-refractivity contribution in [3.05, 3.63) is 41.1 Å². The zero-order chi connectivity index (χ0) is 9.97. The second kappa shape index (κ2) is 4.03. The summed E-state index contributed by atoms with van der Waals surface area (Å²) in [4.78, 5) is 0. The van der Waals surface area contributed by atoms with Crippen LogP contribution in [0.3, 0.4) is 0 Å². The van der Waals surface area contributed by atoms with Crippen LogP contribution in [0.1, 0.15) is 5.56 Å². The van der Waals surface area contributed by atoms with Crippen LogP contribution in [0.15, 0.2) is 34.9 Å². The smallest absolute Gasteiger partial charge is 0.231 e. The maximum absolute atomic E-state index is 5.78. The second-order valence-corrected chi connectivity index (χ2v) is 3.39. The molecule has 14 heavy (non-hydrogen) atoms. The molecule has 0 saturated carbocycles. The molecule has 2 nitrogen and oxygen atoms in total. The lowest BCUT2D eigenvalue weighted by Gasteiger charge is -1.96. The van der Waals surface area contributed by atoms with Crippen LogP contribution in [0.25, 0.3) is 11.3 Å². The van der Waals surface area contributed by atoms with Crippen LogP contribution in [0.5, 0.6) is 0 Å². The van der Waals surface area contributed by atoms with Crippen molar-refractivity contribution >= 4 is 23.2 Å². The van der Waals surface area contributed by atoms with Gasteiger partial charge in [0.1, 0.15) is 5.69 Å². The third-order valence-corrected chi connectivity index (χ3v) is 2.49. The van der Waals surface area contributed by atoms with Gasteiger partial charge in [-0.1, -0.05) is 35.5 Å². The Morgan fingerprint density at radius 2 is 1.93 bits per heavy atom. The van der Waals surface area contributed by atoms with E-state index in [1.807, 2.05) is 30.3 Å². The number of aromatic nitrogens is 1. The monoisotopic (exact) mass is 227 g/mol. The lowest BCUT2D eigenvalue weighted by Crippen LogP contribution is -1.82. The van der Waals surface area contributed by atoms with Gasteiger partial charge in [0.2, 0.25) is 5.22 Å². The van der Waals surface area contributed by atoms with Gasteiger partial charge < -0.3 is 4.52 Å². The summed E-state index contributed by atoms with van der Waals surface area (Å²) < 4.78 is 4.87. The molecular formula is C10H7Cl2NO. The molecule has 0 radical (unpaired) electrons. The van der Waals surface area contributed by atoms with E-state index >= 15 is 0 Å². The van der Waals surface area contributed by atoms with Gasteiger partial charge in [-0.25, -0.2) is 0 Å². The van der Waals surface area contributed by atoms with Crippen molar-refractivity contribution in [1.82, 2.24) is 5.16 Å². The molecule has 1 aromatic carbocycles. The van der Waals surface area contributed by atoms with Gasteiger partial charge in [-0.15, -0.1) is 11.6 Å². The maximum Gasteiger partial charge on any atom is 0.231 e. The zero-order valence-electron chi connectivity index (χ0n) is 7.21. The number of hydrogen-bond acceptors (Lipinski definition) is 2. The number of halogens is 2. The summed E-state index contributed by atoms with van der Waals surface area (Å²) in [6.07, 6.45) is 0. The topological polar surface area (TPSA) is 26.0 Å². The molecule has 0 N–H and O–H groups in total. The van der Waals surface area contributed by atoms with Crippen molar-refractivity contribution < 1.29 is 4.52 Å². The molecule has 1 heterocycles. The molecule has 0 unspecified atom stereocenters. The average molecular weight is 228 g/mol. The van der Waals surface area contributed by atoms with Gasteiger partial charge in [-0.3, -0.25) is 0 Å². The molecule has 0 amide bonds. The van der Waals surface area contributed by atoms with Crippen LogP contribution in [-0.2, 0) is 5.88 Å². The van der Waals surface area contributed by atoms with Crippen LogP contribution >= 0.6 is 23.2 Å². The van der Waals surface area contributed by atoms with Gasteiger partial charge in [0.15, 0.2) is 0 Å². The molecule has 0 saturated heterocycles. The SMILES string of the molecule is ClCc1c(-c2ccccc2)noc1Cl. The number of rotatable bonds is 2. The minimum absolute atomic E-state index is 0.263. The maximum atomic E-state index is 5.78. The van der Waals surface area contributed by atoms with Crippen molar-refractivity contribution in [2.75, 3.05) is 0 Å². The highest BCUT2D eigenvalue weighted by atomic mass is 35.5. The van der Waals surface area contributed by atoms with E-state index in [0.717, 1.165) is 11.1 Å². The van der Waals surface area contributed by atoms with Crippen LogP contribution in [0, 0.1) is 0 Å². The lowest BCUT2D eigenvalue weighted by molar-refractivity contribution is 0.423. The summed E-state index contributed by atoms with van der Waals surface area (Å²) in [5.41, 5.74) is 2.41. The Kier molecular flexibility index (Phi) is 2.75. The summed E-state index contributed by atoms with van der Waals surface area (Å²) in [6, 6.07) is 9.66. The Morgan fingerprint density at radius 3 is 2.57 bits per heavy atom. The fourth-order valence-electron chi connectivity index (χ4n) is 1.23. The highest BCUT2D eigenvalue weighted by molar-refractivity contribution is 6.31. The number of hydrogen-bond donors (Lipinski definition) is 0. The molecule has 0 bridgehead atoms. The molecule has 0 aliphatic heterocycles. The first kappa shape index (κ1) is 9.56. The average Bonchev–Trinajstić information content (AvgIpc) is 2.61. The van der Waals surface area contributed by atoms with Crippen molar-refractivity contribution in [3.63, 3.8) is 0 Å². The first-order valence-electron chi connectivity index (χ1n) is 4.08. The molecule has 0 atom stereocenters. The van der Waals surface area contributed by atoms with Gasteiger partial charge in [0, 0.05) is 5.56 Å². The molecule has 72 valence electrons. The van der Waals surface area contributed by atoms with E-state index in [0.29, 0.717) is 11.6 Å². The zero-order valence-corrected chi connectivity index (χ0v) is 8.72. The van der Waals surface area contributed by atoms with E-state index in [9.17, 15) is 0 Å². The Balaban J connectivity index is 2.52. The van der Waals surface area contributed by atoms with Crippen LogP contribution in [0.4, 0.5) is 0 Å². The van der Waals surface area contributed by atoms with E-state index in [2.05, 4.69) is 5.16 Å². The molecule has 2 aromatic rings. The van der Waals surface area contributed by atoms with E-state index in [-0.39, 0.29) is 5.22 Å². The Bertz CT molecular complexity index is 425. The molecule has 0 aliphatic carbocycles. The summed E-state index contributed by atoms with van der Waals surface area (Å²) in [5.74, 6) is 0.298. The number of benzene rings is 1. The molecule has 1 aromatic heterocycles. The highest BCUT2D eigenvalue weighted by Gasteiger charge is 2.14. The largest absolute Gasteiger partial charge is 0.343 e. The van der Waals surface area contributed by atoms with Gasteiger partial charge in [0.05, 0.1) is 11.4 Å². The van der Waals surface area contributed by atoms with Crippen molar-refractivity contribution in [3.8, 4) is 11.3 Å². The van der Waals surface area contributed by atoms with Gasteiger partial charge in [-0.2, -0.15) is 0 Å². The Hall–Kier alpha value is -0.990. The predicted molar refractivity (Wildman–Crippen MR) is 56.5 cm³/mol. The number of alkyl halides is 1. The summed E-state index contributed by atoms with van der Waals surface area (Å²) in [5, 5.41) is 4.13. The molecule has 4 heteroatoms. The van der Waals surface area contributed by atoms with Gasteiger partial charge in [0.25, 0.3) is 0 Å². The van der Waals surface area contributed by atoms with Gasteiger partial charge >= 0.3 is 0 Å². The van der Waals surface area contributed by atoms with E-state index in [1.165, 1.54) is 0 Å². The summed E-state index contributed by atoms with van der Waals surface area (Å²) in [7, 11) is 0. The molecule has 0 fully saturated rings. The van der Waals surface area contributed by atoms with E-state index < -0.39 is 0 Å². The quantitative estimate of drug-likeness (QED) is 0.732. The Labute approximate surface area is 91.4 Å². The van der Waals surface area contributed by atoms with Crippen molar-refractivity contribution in [2.24, 2.45) is 0 Å². The molecule has 0 spiro atoms. The third kappa shape index (κ3) is 1.63. The van der Waals surface area contributed by atoms with Crippen molar-refractivity contribution in [1.29, 1.82) is 0 Å². The van der Waals surface area contributed by atoms with Gasteiger partial charge in [-0.05, 0) is 11.6 Å². The van der Waals surface area contributed by atoms with Crippen LogP contribution in [0.2, 0.25) is 5.22 Å². The third-order valence-electron chi connectivity index (χ3n) is 1.92. The summed E-state index contributed by atoms with van der Waals surface area (Å²) in [6.45, 7) is 0. The predicted octanol–water partition coefficient (Wildman–Crippen LogP) is 3.73. The Morgan fingerprint density at radius 1 is 1.21 bits per heavy atom. The number of nitrogens with zero attached hydrogens (tertiary/aromatic N) is 1. The minimum atomic E-state index is 0.263. The first-order chi connectivity index (χ1) is 6.83. The molecule has 2 rings (SSSR count). The highest BCUT2D eigenvalue weighted by Crippen LogP contribution is 2.29. The normalized spacial score (nSPS) is 10.4. The van der Waals surface area contributed by atoms with E-state index in [4.69, 9.17) is 27.7 Å². The van der Waals surface area contributed by atoms with Crippen LogP contribution in [-0.4, -0.2) is 5.16 Å². The summed E-state index contributed by atoms with van der Waals surface area (Å²) >= 11 is 11.5. The standard InChI is InChI=1S/C10H7Cl2NO/c11-6-8-9(13-14-10(8)12)7-4-2-1-3-5-7/h1-5H,6H2. The second-order valence-electron chi connectivity index (χ2n) is 2.78.